The maximum atomic E-state index is 11.9. The minimum atomic E-state index is -0.673. The van der Waals surface area contributed by atoms with Gasteiger partial charge in [0.05, 0.1) is 12.1 Å². The number of nitrogens with one attached hydrogen (secondary N) is 1. The quantitative estimate of drug-likeness (QED) is 0.788. The van der Waals surface area contributed by atoms with Gasteiger partial charge in [0.2, 0.25) is 5.91 Å². The minimum Gasteiger partial charge on any atom is -0.491 e. The lowest BCUT2D eigenvalue weighted by atomic mass is 9.77. The fraction of sp³-hybridized carbons (Fsp3) is 0.500. The highest BCUT2D eigenvalue weighted by molar-refractivity contribution is 5.98. The zero-order chi connectivity index (χ0) is 13.7. The first-order valence-electron chi connectivity index (χ1n) is 6.46. The molecule has 1 fully saturated rings. The van der Waals surface area contributed by atoms with E-state index < -0.39 is 5.54 Å². The molecule has 1 aliphatic rings. The molecule has 0 radical (unpaired) electrons. The minimum absolute atomic E-state index is 0. The monoisotopic (exact) mass is 300 g/mol. The second-order valence-corrected chi connectivity index (χ2v) is 4.83. The van der Waals surface area contributed by atoms with Crippen LogP contribution in [0.3, 0.4) is 0 Å². The third-order valence-corrected chi connectivity index (χ3v) is 3.37. The van der Waals surface area contributed by atoms with Crippen LogP contribution in [0.5, 0.6) is 5.75 Å². The number of benzene rings is 1. The maximum Gasteiger partial charge on any atom is 0.244 e. The highest BCUT2D eigenvalue weighted by atomic mass is 35.5. The number of ether oxygens (including phenoxy) is 2. The van der Waals surface area contributed by atoms with Gasteiger partial charge >= 0.3 is 0 Å². The molecule has 0 spiro atoms. The first-order valence-corrected chi connectivity index (χ1v) is 6.46. The number of carbonyl (C=O) groups is 1. The molecule has 0 heterocycles. The van der Waals surface area contributed by atoms with Crippen molar-refractivity contribution in [2.75, 3.05) is 25.6 Å². The van der Waals surface area contributed by atoms with Gasteiger partial charge in [-0.25, -0.2) is 0 Å². The lowest BCUT2D eigenvalue weighted by molar-refractivity contribution is -0.123. The molecule has 1 aromatic rings. The molecule has 0 aliphatic heterocycles. The molecule has 5 nitrogen and oxygen atoms in total. The fourth-order valence-electron chi connectivity index (χ4n) is 1.92. The number of amides is 1. The van der Waals surface area contributed by atoms with Crippen molar-refractivity contribution in [3.05, 3.63) is 24.3 Å². The SMILES string of the molecule is COCCOc1ccc(NC(=O)C2(N)CCC2)cc1.Cl. The highest BCUT2D eigenvalue weighted by Gasteiger charge is 2.40. The Morgan fingerprint density at radius 3 is 2.45 bits per heavy atom. The standard InChI is InChI=1S/C14H20N2O3.ClH/c1-18-9-10-19-12-5-3-11(4-6-12)16-13(17)14(15)7-2-8-14;/h3-6H,2,7-10,15H2,1H3,(H,16,17);1H. The molecule has 1 saturated carbocycles. The summed E-state index contributed by atoms with van der Waals surface area (Å²) in [5.74, 6) is 0.646. The zero-order valence-corrected chi connectivity index (χ0v) is 12.4. The third-order valence-electron chi connectivity index (χ3n) is 3.37. The number of rotatable bonds is 6. The summed E-state index contributed by atoms with van der Waals surface area (Å²) in [6, 6.07) is 7.24. The van der Waals surface area contributed by atoms with Crippen LogP contribution in [0.1, 0.15) is 19.3 Å². The Morgan fingerprint density at radius 1 is 1.30 bits per heavy atom. The van der Waals surface area contributed by atoms with Crippen molar-refractivity contribution in [1.29, 1.82) is 0 Å². The fourth-order valence-corrected chi connectivity index (χ4v) is 1.92. The smallest absolute Gasteiger partial charge is 0.244 e. The van der Waals surface area contributed by atoms with Crippen molar-refractivity contribution >= 4 is 24.0 Å². The Kier molecular flexibility index (Phi) is 6.26. The zero-order valence-electron chi connectivity index (χ0n) is 11.6. The normalized spacial score (nSPS) is 15.7. The molecular weight excluding hydrogens is 280 g/mol. The Balaban J connectivity index is 0.00000200. The molecule has 1 aliphatic carbocycles. The van der Waals surface area contributed by atoms with Crippen LogP contribution < -0.4 is 15.8 Å². The lowest BCUT2D eigenvalue weighted by Crippen LogP contribution is -2.56. The van der Waals surface area contributed by atoms with Gasteiger partial charge in [0.15, 0.2) is 0 Å². The molecule has 0 atom stereocenters. The van der Waals surface area contributed by atoms with Crippen LogP contribution in [0.15, 0.2) is 24.3 Å². The summed E-state index contributed by atoms with van der Waals surface area (Å²) in [5, 5.41) is 2.83. The summed E-state index contributed by atoms with van der Waals surface area (Å²) < 4.78 is 10.3. The van der Waals surface area contributed by atoms with Crippen molar-refractivity contribution in [3.63, 3.8) is 0 Å². The average Bonchev–Trinajstić information content (AvgIpc) is 2.38. The van der Waals surface area contributed by atoms with Crippen LogP contribution in [-0.4, -0.2) is 31.8 Å². The summed E-state index contributed by atoms with van der Waals surface area (Å²) in [4.78, 5) is 11.9. The van der Waals surface area contributed by atoms with Crippen LogP contribution in [0.4, 0.5) is 5.69 Å². The molecule has 112 valence electrons. The van der Waals surface area contributed by atoms with E-state index in [-0.39, 0.29) is 18.3 Å². The van der Waals surface area contributed by atoms with Gasteiger partial charge in [0, 0.05) is 12.8 Å². The second-order valence-electron chi connectivity index (χ2n) is 4.83. The third kappa shape index (κ3) is 4.10. The molecule has 2 rings (SSSR count). The van der Waals surface area contributed by atoms with Crippen LogP contribution in [0.2, 0.25) is 0 Å². The van der Waals surface area contributed by atoms with Crippen molar-refractivity contribution in [2.24, 2.45) is 5.73 Å². The van der Waals surface area contributed by atoms with Crippen LogP contribution in [-0.2, 0) is 9.53 Å². The van der Waals surface area contributed by atoms with Gasteiger partial charge in [-0.05, 0) is 43.5 Å². The number of anilines is 1. The maximum absolute atomic E-state index is 11.9. The number of hydrogen-bond donors (Lipinski definition) is 2. The Labute approximate surface area is 125 Å². The summed E-state index contributed by atoms with van der Waals surface area (Å²) in [6.45, 7) is 1.06. The van der Waals surface area contributed by atoms with E-state index in [0.29, 0.717) is 13.2 Å². The van der Waals surface area contributed by atoms with Gasteiger partial charge in [-0.3, -0.25) is 4.79 Å². The van der Waals surface area contributed by atoms with E-state index >= 15 is 0 Å². The largest absolute Gasteiger partial charge is 0.491 e. The number of halogens is 1. The average molecular weight is 301 g/mol. The Bertz CT molecular complexity index is 433. The first kappa shape index (κ1) is 16.8. The molecule has 3 N–H and O–H groups in total. The number of methoxy groups -OCH3 is 1. The van der Waals surface area contributed by atoms with E-state index in [1.54, 1.807) is 7.11 Å². The van der Waals surface area contributed by atoms with Crippen LogP contribution in [0, 0.1) is 0 Å². The molecule has 20 heavy (non-hydrogen) atoms. The molecule has 0 unspecified atom stereocenters. The molecule has 0 aromatic heterocycles. The van der Waals surface area contributed by atoms with Crippen molar-refractivity contribution in [3.8, 4) is 5.75 Å². The molecule has 6 heteroatoms. The van der Waals surface area contributed by atoms with E-state index in [4.69, 9.17) is 15.2 Å². The Morgan fingerprint density at radius 2 is 1.95 bits per heavy atom. The lowest BCUT2D eigenvalue weighted by Gasteiger charge is -2.36. The summed E-state index contributed by atoms with van der Waals surface area (Å²) in [7, 11) is 1.63. The van der Waals surface area contributed by atoms with Gasteiger partial charge in [-0.2, -0.15) is 0 Å². The predicted octanol–water partition coefficient (Wildman–Crippen LogP) is 1.95. The van der Waals surface area contributed by atoms with Gasteiger partial charge in [-0.15, -0.1) is 12.4 Å². The van der Waals surface area contributed by atoms with Gasteiger partial charge in [0.1, 0.15) is 12.4 Å². The van der Waals surface area contributed by atoms with Crippen molar-refractivity contribution in [2.45, 2.75) is 24.8 Å². The van der Waals surface area contributed by atoms with Gasteiger partial charge in [0.25, 0.3) is 0 Å². The molecule has 0 saturated heterocycles. The highest BCUT2D eigenvalue weighted by Crippen LogP contribution is 2.30. The summed E-state index contributed by atoms with van der Waals surface area (Å²) >= 11 is 0. The molecule has 1 amide bonds. The predicted molar refractivity (Wildman–Crippen MR) is 80.5 cm³/mol. The number of carbonyl (C=O) groups excluding carboxylic acids is 1. The van der Waals surface area contributed by atoms with E-state index in [9.17, 15) is 4.79 Å². The molecule has 0 bridgehead atoms. The summed E-state index contributed by atoms with van der Waals surface area (Å²) in [5.41, 5.74) is 6.02. The molecular formula is C14H21ClN2O3. The van der Waals surface area contributed by atoms with E-state index in [2.05, 4.69) is 5.32 Å². The molecule has 1 aromatic carbocycles. The van der Waals surface area contributed by atoms with E-state index in [0.717, 1.165) is 30.7 Å². The van der Waals surface area contributed by atoms with E-state index in [1.165, 1.54) is 0 Å². The van der Waals surface area contributed by atoms with Crippen LogP contribution in [0.25, 0.3) is 0 Å². The number of nitrogens with two attached hydrogens (primary N) is 1. The Hall–Kier alpha value is -1.30. The van der Waals surface area contributed by atoms with E-state index in [1.807, 2.05) is 24.3 Å². The van der Waals surface area contributed by atoms with Crippen molar-refractivity contribution in [1.82, 2.24) is 0 Å². The van der Waals surface area contributed by atoms with Gasteiger partial charge < -0.3 is 20.5 Å². The summed E-state index contributed by atoms with van der Waals surface area (Å²) in [6.07, 6.45) is 2.55. The van der Waals surface area contributed by atoms with Crippen molar-refractivity contribution < 1.29 is 14.3 Å². The topological polar surface area (TPSA) is 73.6 Å². The second kappa shape index (κ2) is 7.47. The number of hydrogen-bond acceptors (Lipinski definition) is 4. The van der Waals surface area contributed by atoms with Gasteiger partial charge in [-0.1, -0.05) is 0 Å². The first-order chi connectivity index (χ1) is 9.14. The van der Waals surface area contributed by atoms with Crippen LogP contribution >= 0.6 is 12.4 Å².